The number of fused-ring (bicyclic) bond motifs is 2. The Morgan fingerprint density at radius 2 is 1.48 bits per heavy atom. The Bertz CT molecular complexity index is 999. The highest BCUT2D eigenvalue weighted by molar-refractivity contribution is 6.17. The fraction of sp³-hybridized carbons (Fsp3) is 0. The molecule has 0 atom stereocenters. The molecule has 0 unspecified atom stereocenters. The molecule has 1 heterocycles. The van der Waals surface area contributed by atoms with Crippen molar-refractivity contribution in [2.45, 2.75) is 0 Å². The van der Waals surface area contributed by atoms with Crippen LogP contribution in [0.5, 0.6) is 5.88 Å². The molecule has 0 amide bonds. The van der Waals surface area contributed by atoms with E-state index in [1.807, 2.05) is 66.7 Å². The first kappa shape index (κ1) is 13.7. The van der Waals surface area contributed by atoms with Crippen molar-refractivity contribution < 1.29 is 9.68 Å². The lowest BCUT2D eigenvalue weighted by molar-refractivity contribution is 0.444. The highest BCUT2D eigenvalue weighted by atomic mass is 16.5. The summed E-state index contributed by atoms with van der Waals surface area (Å²) in [4.78, 5) is 9.17. The molecule has 109 valence electrons. The summed E-state index contributed by atoms with van der Waals surface area (Å²) in [5, 5.41) is 11.2. The summed E-state index contributed by atoms with van der Waals surface area (Å²) in [5.41, 5.74) is 3.01. The second-order valence-electron chi connectivity index (χ2n) is 5.12. The van der Waals surface area contributed by atoms with E-state index in [0.29, 0.717) is 18.9 Å². The van der Waals surface area contributed by atoms with Gasteiger partial charge in [-0.1, -0.05) is 54.6 Å². The van der Waals surface area contributed by atoms with E-state index in [4.69, 9.17) is 14.7 Å². The molecule has 4 rings (SSSR count). The highest BCUT2D eigenvalue weighted by Gasteiger charge is 2.14. The van der Waals surface area contributed by atoms with Gasteiger partial charge in [0.1, 0.15) is 5.69 Å². The van der Waals surface area contributed by atoms with Gasteiger partial charge in [0.15, 0.2) is 0 Å². The molecule has 0 aliphatic carbocycles. The zero-order chi connectivity index (χ0) is 15.6. The maximum Gasteiger partial charge on any atom is 0.570 e. The topological polar surface area (TPSA) is 55.2 Å². The standard InChI is InChI=1S/C18H12BN2O2/c22-19-23-18-17(20-15-10-3-4-11-16(15)21-18)14-9-5-7-12-6-1-2-8-13(12)14/h1-11,22H. The second kappa shape index (κ2) is 5.70. The minimum absolute atomic E-state index is 0.280. The van der Waals surface area contributed by atoms with E-state index in [-0.39, 0.29) is 5.88 Å². The normalized spacial score (nSPS) is 10.8. The Hall–Kier alpha value is -2.92. The summed E-state index contributed by atoms with van der Waals surface area (Å²) in [6, 6.07) is 21.6. The third-order valence-electron chi connectivity index (χ3n) is 3.75. The fourth-order valence-corrected chi connectivity index (χ4v) is 2.72. The van der Waals surface area contributed by atoms with Crippen LogP contribution in [-0.2, 0) is 0 Å². The van der Waals surface area contributed by atoms with Crippen LogP contribution in [-0.4, -0.2) is 22.7 Å². The third kappa shape index (κ3) is 2.41. The summed E-state index contributed by atoms with van der Waals surface area (Å²) in [6.45, 7) is 0. The van der Waals surface area contributed by atoms with Crippen LogP contribution in [0.1, 0.15) is 0 Å². The fourth-order valence-electron chi connectivity index (χ4n) is 2.72. The van der Waals surface area contributed by atoms with Crippen molar-refractivity contribution in [3.63, 3.8) is 0 Å². The molecular weight excluding hydrogens is 287 g/mol. The van der Waals surface area contributed by atoms with Crippen molar-refractivity contribution >= 4 is 29.5 Å². The number of aromatic nitrogens is 2. The second-order valence-corrected chi connectivity index (χ2v) is 5.12. The van der Waals surface area contributed by atoms with Crippen LogP contribution in [0.2, 0.25) is 0 Å². The van der Waals surface area contributed by atoms with Crippen molar-refractivity contribution in [1.82, 2.24) is 9.97 Å². The lowest BCUT2D eigenvalue weighted by Crippen LogP contribution is -2.05. The molecule has 0 saturated heterocycles. The Morgan fingerprint density at radius 1 is 0.783 bits per heavy atom. The average molecular weight is 299 g/mol. The van der Waals surface area contributed by atoms with Gasteiger partial charge >= 0.3 is 7.69 Å². The van der Waals surface area contributed by atoms with E-state index in [0.717, 1.165) is 21.9 Å². The number of hydrogen-bond donors (Lipinski definition) is 1. The van der Waals surface area contributed by atoms with Gasteiger partial charge in [-0.05, 0) is 22.9 Å². The third-order valence-corrected chi connectivity index (χ3v) is 3.75. The maximum absolute atomic E-state index is 9.06. The molecule has 0 spiro atoms. The molecule has 0 fully saturated rings. The van der Waals surface area contributed by atoms with Crippen molar-refractivity contribution in [3.8, 4) is 17.1 Å². The first-order valence-electron chi connectivity index (χ1n) is 7.24. The van der Waals surface area contributed by atoms with Gasteiger partial charge in [0.05, 0.1) is 11.0 Å². The molecule has 1 aromatic heterocycles. The molecule has 4 aromatic rings. The van der Waals surface area contributed by atoms with Gasteiger partial charge < -0.3 is 9.68 Å². The van der Waals surface area contributed by atoms with Crippen molar-refractivity contribution in [3.05, 3.63) is 66.7 Å². The molecular formula is C18H12BN2O2. The lowest BCUT2D eigenvalue weighted by atomic mass is 10.0. The largest absolute Gasteiger partial charge is 0.570 e. The summed E-state index contributed by atoms with van der Waals surface area (Å²) in [6.07, 6.45) is 0. The van der Waals surface area contributed by atoms with E-state index in [2.05, 4.69) is 4.98 Å². The van der Waals surface area contributed by atoms with E-state index in [9.17, 15) is 0 Å². The first-order chi connectivity index (χ1) is 11.4. The predicted octanol–water partition coefficient (Wildman–Crippen LogP) is 3.36. The highest BCUT2D eigenvalue weighted by Crippen LogP contribution is 2.33. The summed E-state index contributed by atoms with van der Waals surface area (Å²) < 4.78 is 5.21. The lowest BCUT2D eigenvalue weighted by Gasteiger charge is -2.11. The summed E-state index contributed by atoms with van der Waals surface area (Å²) in [7, 11) is 0.632. The summed E-state index contributed by atoms with van der Waals surface area (Å²) >= 11 is 0. The van der Waals surface area contributed by atoms with Gasteiger partial charge in [-0.2, -0.15) is 0 Å². The Balaban J connectivity index is 2.04. The number of para-hydroxylation sites is 2. The first-order valence-corrected chi connectivity index (χ1v) is 7.24. The quantitative estimate of drug-likeness (QED) is 0.589. The van der Waals surface area contributed by atoms with Crippen LogP contribution in [0.25, 0.3) is 33.1 Å². The molecule has 4 nitrogen and oxygen atoms in total. The Morgan fingerprint density at radius 3 is 2.30 bits per heavy atom. The van der Waals surface area contributed by atoms with E-state index in [1.165, 1.54) is 0 Å². The maximum atomic E-state index is 9.06. The number of benzene rings is 3. The Kier molecular flexibility index (Phi) is 3.40. The molecule has 3 aromatic carbocycles. The SMILES string of the molecule is O[B]Oc1nc2ccccc2nc1-c1cccc2ccccc12. The number of rotatable bonds is 3. The smallest absolute Gasteiger partial charge is 0.522 e. The van der Waals surface area contributed by atoms with Gasteiger partial charge in [0.25, 0.3) is 0 Å². The van der Waals surface area contributed by atoms with Crippen LogP contribution in [0, 0.1) is 0 Å². The molecule has 0 bridgehead atoms. The predicted molar refractivity (Wildman–Crippen MR) is 91.1 cm³/mol. The molecule has 0 saturated carbocycles. The van der Waals surface area contributed by atoms with E-state index >= 15 is 0 Å². The van der Waals surface area contributed by atoms with E-state index in [1.54, 1.807) is 0 Å². The van der Waals surface area contributed by atoms with Gasteiger partial charge in [-0.3, -0.25) is 0 Å². The zero-order valence-corrected chi connectivity index (χ0v) is 12.2. The van der Waals surface area contributed by atoms with Crippen LogP contribution in [0.15, 0.2) is 66.7 Å². The Labute approximate surface area is 133 Å². The average Bonchev–Trinajstić information content (AvgIpc) is 2.61. The van der Waals surface area contributed by atoms with Gasteiger partial charge in [-0.15, -0.1) is 0 Å². The van der Waals surface area contributed by atoms with Crippen LogP contribution in [0.4, 0.5) is 0 Å². The molecule has 23 heavy (non-hydrogen) atoms. The number of hydrogen-bond acceptors (Lipinski definition) is 4. The van der Waals surface area contributed by atoms with Crippen LogP contribution in [0.3, 0.4) is 0 Å². The molecule has 1 N–H and O–H groups in total. The van der Waals surface area contributed by atoms with Gasteiger partial charge in [0, 0.05) is 5.56 Å². The number of nitrogens with zero attached hydrogens (tertiary/aromatic N) is 2. The van der Waals surface area contributed by atoms with Crippen LogP contribution >= 0.6 is 0 Å². The van der Waals surface area contributed by atoms with E-state index < -0.39 is 0 Å². The minimum Gasteiger partial charge on any atom is -0.522 e. The molecule has 0 aliphatic rings. The van der Waals surface area contributed by atoms with Crippen LogP contribution < -0.4 is 4.65 Å². The van der Waals surface area contributed by atoms with Crippen molar-refractivity contribution in [2.75, 3.05) is 0 Å². The monoisotopic (exact) mass is 299 g/mol. The van der Waals surface area contributed by atoms with Crippen molar-refractivity contribution in [1.29, 1.82) is 0 Å². The summed E-state index contributed by atoms with van der Waals surface area (Å²) in [5.74, 6) is 0.280. The molecule has 5 heteroatoms. The van der Waals surface area contributed by atoms with Crippen molar-refractivity contribution in [2.24, 2.45) is 0 Å². The zero-order valence-electron chi connectivity index (χ0n) is 12.2. The van der Waals surface area contributed by atoms with Gasteiger partial charge in [-0.25, -0.2) is 9.97 Å². The minimum atomic E-state index is 0.280. The molecule has 1 radical (unpaired) electrons. The van der Waals surface area contributed by atoms with Gasteiger partial charge in [0.2, 0.25) is 5.88 Å². The molecule has 0 aliphatic heterocycles.